The zero-order valence-electron chi connectivity index (χ0n) is 13.1. The summed E-state index contributed by atoms with van der Waals surface area (Å²) in [6.07, 6.45) is 0. The van der Waals surface area contributed by atoms with Crippen LogP contribution in [-0.4, -0.2) is 12.6 Å². The van der Waals surface area contributed by atoms with Gasteiger partial charge in [0.05, 0.1) is 6.61 Å². The van der Waals surface area contributed by atoms with E-state index in [1.807, 2.05) is 49.4 Å². The van der Waals surface area contributed by atoms with Crippen molar-refractivity contribution >= 4 is 28.5 Å². The lowest BCUT2D eigenvalue weighted by Crippen LogP contribution is -2.04. The van der Waals surface area contributed by atoms with Gasteiger partial charge in [0.2, 0.25) is 5.76 Å². The average Bonchev–Trinajstić information content (AvgIpc) is 2.91. The summed E-state index contributed by atoms with van der Waals surface area (Å²) in [5.41, 5.74) is 4.68. The minimum Gasteiger partial charge on any atom is -0.460 e. The summed E-state index contributed by atoms with van der Waals surface area (Å²) in [5, 5.41) is 0.925. The Balaban J connectivity index is 2.02. The van der Waals surface area contributed by atoms with E-state index < -0.39 is 5.97 Å². The summed E-state index contributed by atoms with van der Waals surface area (Å²) in [4.78, 5) is 11.9. The third kappa shape index (κ3) is 2.97. The topological polar surface area (TPSA) is 39.4 Å². The summed E-state index contributed by atoms with van der Waals surface area (Å²) in [6.45, 7) is 3.97. The molecule has 0 saturated heterocycles. The first-order chi connectivity index (χ1) is 11.1. The normalized spacial score (nSPS) is 10.9. The first kappa shape index (κ1) is 15.6. The first-order valence-corrected chi connectivity index (χ1v) is 8.03. The largest absolute Gasteiger partial charge is 0.460 e. The molecule has 0 saturated carbocycles. The number of hydrogen-bond acceptors (Lipinski definition) is 3. The van der Waals surface area contributed by atoms with Gasteiger partial charge in [0.15, 0.2) is 0 Å². The molecule has 0 aliphatic heterocycles. The molecule has 0 aliphatic carbocycles. The van der Waals surface area contributed by atoms with Crippen LogP contribution >= 0.6 is 11.6 Å². The Morgan fingerprint density at radius 2 is 1.83 bits per heavy atom. The van der Waals surface area contributed by atoms with Crippen molar-refractivity contribution in [2.24, 2.45) is 0 Å². The van der Waals surface area contributed by atoms with Gasteiger partial charge >= 0.3 is 5.97 Å². The van der Waals surface area contributed by atoms with Crippen molar-refractivity contribution in [3.8, 4) is 11.1 Å². The van der Waals surface area contributed by atoms with Gasteiger partial charge < -0.3 is 9.15 Å². The van der Waals surface area contributed by atoms with Crippen LogP contribution < -0.4 is 0 Å². The van der Waals surface area contributed by atoms with E-state index in [0.29, 0.717) is 18.1 Å². The van der Waals surface area contributed by atoms with Crippen LogP contribution in [0.4, 0.5) is 0 Å². The van der Waals surface area contributed by atoms with Crippen molar-refractivity contribution in [1.29, 1.82) is 0 Å². The van der Waals surface area contributed by atoms with Gasteiger partial charge in [0.1, 0.15) is 5.58 Å². The van der Waals surface area contributed by atoms with Crippen LogP contribution in [0, 0.1) is 6.92 Å². The molecule has 0 bridgehead atoms. The highest BCUT2D eigenvalue weighted by Crippen LogP contribution is 2.30. The number of furan rings is 1. The fraction of sp³-hybridized carbons (Fsp3) is 0.211. The monoisotopic (exact) mass is 328 g/mol. The predicted molar refractivity (Wildman–Crippen MR) is 91.9 cm³/mol. The van der Waals surface area contributed by atoms with Gasteiger partial charge in [-0.1, -0.05) is 36.4 Å². The van der Waals surface area contributed by atoms with Gasteiger partial charge in [-0.2, -0.15) is 0 Å². The number of esters is 1. The van der Waals surface area contributed by atoms with Gasteiger partial charge in [-0.3, -0.25) is 0 Å². The minimum atomic E-state index is -0.422. The van der Waals surface area contributed by atoms with Gasteiger partial charge in [0.25, 0.3) is 0 Å². The molecule has 3 rings (SSSR count). The number of ether oxygens (including phenoxy) is 1. The van der Waals surface area contributed by atoms with Gasteiger partial charge in [-0.25, -0.2) is 4.79 Å². The number of aryl methyl sites for hydroxylation is 1. The van der Waals surface area contributed by atoms with E-state index in [1.165, 1.54) is 0 Å². The molecule has 0 amide bonds. The standard InChI is InChI=1S/C19H17ClO3/c1-3-22-19(21)18-12(2)16-9-8-15(10-17(16)23-18)14-6-4-13(11-20)5-7-14/h4-10H,3,11H2,1-2H3. The maximum absolute atomic E-state index is 11.9. The zero-order chi connectivity index (χ0) is 16.4. The Labute approximate surface area is 139 Å². The van der Waals surface area contributed by atoms with Crippen molar-refractivity contribution in [3.63, 3.8) is 0 Å². The van der Waals surface area contributed by atoms with Crippen molar-refractivity contribution in [2.45, 2.75) is 19.7 Å². The number of rotatable bonds is 4. The van der Waals surface area contributed by atoms with Gasteiger partial charge in [-0.05, 0) is 36.6 Å². The molecular weight excluding hydrogens is 312 g/mol. The quantitative estimate of drug-likeness (QED) is 0.480. The number of benzene rings is 2. The molecule has 0 radical (unpaired) electrons. The van der Waals surface area contributed by atoms with Crippen molar-refractivity contribution in [3.05, 3.63) is 59.4 Å². The first-order valence-electron chi connectivity index (χ1n) is 7.49. The number of alkyl halides is 1. The molecule has 3 nitrogen and oxygen atoms in total. The second-order valence-corrected chi connectivity index (χ2v) is 5.59. The van der Waals surface area contributed by atoms with Crippen LogP contribution in [0.2, 0.25) is 0 Å². The smallest absolute Gasteiger partial charge is 0.374 e. The average molecular weight is 329 g/mol. The van der Waals surface area contributed by atoms with E-state index in [2.05, 4.69) is 0 Å². The second-order valence-electron chi connectivity index (χ2n) is 5.32. The van der Waals surface area contributed by atoms with Crippen LogP contribution in [0.25, 0.3) is 22.1 Å². The molecule has 1 aromatic heterocycles. The van der Waals surface area contributed by atoms with E-state index in [9.17, 15) is 4.79 Å². The molecule has 0 aliphatic rings. The molecule has 0 N–H and O–H groups in total. The van der Waals surface area contributed by atoms with Crippen LogP contribution in [-0.2, 0) is 10.6 Å². The highest BCUT2D eigenvalue weighted by Gasteiger charge is 2.18. The Kier molecular flexibility index (Phi) is 4.39. The maximum atomic E-state index is 11.9. The fourth-order valence-electron chi connectivity index (χ4n) is 2.58. The van der Waals surface area contributed by atoms with Gasteiger partial charge in [-0.15, -0.1) is 11.6 Å². The molecular formula is C19H17ClO3. The number of carbonyl (C=O) groups is 1. The lowest BCUT2D eigenvalue weighted by molar-refractivity contribution is 0.0491. The lowest BCUT2D eigenvalue weighted by Gasteiger charge is -2.03. The molecule has 3 aromatic rings. The number of hydrogen-bond donors (Lipinski definition) is 0. The third-order valence-corrected chi connectivity index (χ3v) is 4.15. The van der Waals surface area contributed by atoms with E-state index >= 15 is 0 Å². The Bertz CT molecular complexity index is 847. The van der Waals surface area contributed by atoms with Crippen molar-refractivity contribution in [2.75, 3.05) is 6.61 Å². The maximum Gasteiger partial charge on any atom is 0.374 e. The van der Waals surface area contributed by atoms with E-state index in [4.69, 9.17) is 20.8 Å². The number of fused-ring (bicyclic) bond motifs is 1. The molecule has 118 valence electrons. The Hall–Kier alpha value is -2.26. The summed E-state index contributed by atoms with van der Waals surface area (Å²) in [7, 11) is 0. The summed E-state index contributed by atoms with van der Waals surface area (Å²) in [6, 6.07) is 14.0. The van der Waals surface area contributed by atoms with Crippen molar-refractivity contribution < 1.29 is 13.9 Å². The number of carbonyl (C=O) groups excluding carboxylic acids is 1. The highest BCUT2D eigenvalue weighted by molar-refractivity contribution is 6.17. The molecule has 0 spiro atoms. The summed E-state index contributed by atoms with van der Waals surface area (Å²) in [5.74, 6) is 0.352. The SMILES string of the molecule is CCOC(=O)c1oc2cc(-c3ccc(CCl)cc3)ccc2c1C. The summed E-state index contributed by atoms with van der Waals surface area (Å²) < 4.78 is 10.8. The third-order valence-electron chi connectivity index (χ3n) is 3.84. The van der Waals surface area contributed by atoms with Crippen molar-refractivity contribution in [1.82, 2.24) is 0 Å². The molecule has 23 heavy (non-hydrogen) atoms. The van der Waals surface area contributed by atoms with Crippen LogP contribution in [0.15, 0.2) is 46.9 Å². The van der Waals surface area contributed by atoms with Crippen LogP contribution in [0.1, 0.15) is 28.6 Å². The van der Waals surface area contributed by atoms with E-state index in [1.54, 1.807) is 6.92 Å². The molecule has 0 atom stereocenters. The zero-order valence-corrected chi connectivity index (χ0v) is 13.8. The minimum absolute atomic E-state index is 0.275. The van der Waals surface area contributed by atoms with E-state index in [0.717, 1.165) is 27.6 Å². The summed E-state index contributed by atoms with van der Waals surface area (Å²) >= 11 is 5.82. The molecule has 0 unspecified atom stereocenters. The molecule has 0 fully saturated rings. The lowest BCUT2D eigenvalue weighted by atomic mass is 10.0. The van der Waals surface area contributed by atoms with Crippen LogP contribution in [0.3, 0.4) is 0 Å². The second kappa shape index (κ2) is 6.47. The van der Waals surface area contributed by atoms with Gasteiger partial charge in [0, 0.05) is 16.8 Å². The molecule has 4 heteroatoms. The van der Waals surface area contributed by atoms with E-state index in [-0.39, 0.29) is 5.76 Å². The highest BCUT2D eigenvalue weighted by atomic mass is 35.5. The Morgan fingerprint density at radius 3 is 2.48 bits per heavy atom. The predicted octanol–water partition coefficient (Wildman–Crippen LogP) is 5.32. The Morgan fingerprint density at radius 1 is 1.13 bits per heavy atom. The number of halogens is 1. The molecule has 2 aromatic carbocycles. The van der Waals surface area contributed by atoms with Crippen LogP contribution in [0.5, 0.6) is 0 Å². The molecule has 1 heterocycles. The fourth-order valence-corrected chi connectivity index (χ4v) is 2.76.